The Balaban J connectivity index is 2.46. The van der Waals surface area contributed by atoms with Crippen LogP contribution in [0.5, 0.6) is 5.75 Å². The molecule has 0 bridgehead atoms. The fraction of sp³-hybridized carbons (Fsp3) is 0.462. The van der Waals surface area contributed by atoms with Gasteiger partial charge in [-0.05, 0) is 24.1 Å². The summed E-state index contributed by atoms with van der Waals surface area (Å²) in [6.07, 6.45) is 1.07. The van der Waals surface area contributed by atoms with Gasteiger partial charge in [0.1, 0.15) is 10.6 Å². The lowest BCUT2D eigenvalue weighted by atomic mass is 10.1. The van der Waals surface area contributed by atoms with Crippen LogP contribution in [0.25, 0.3) is 0 Å². The molecule has 0 N–H and O–H groups in total. The zero-order valence-electron chi connectivity index (χ0n) is 11.3. The van der Waals surface area contributed by atoms with Crippen molar-refractivity contribution in [3.63, 3.8) is 0 Å². The van der Waals surface area contributed by atoms with E-state index in [1.54, 1.807) is 12.1 Å². The van der Waals surface area contributed by atoms with Crippen molar-refractivity contribution in [2.24, 2.45) is 5.92 Å². The highest BCUT2D eigenvalue weighted by Gasteiger charge is 2.38. The second kappa shape index (κ2) is 5.73. The van der Waals surface area contributed by atoms with Gasteiger partial charge >= 0.3 is 0 Å². The minimum absolute atomic E-state index is 0.0134. The first-order valence-corrected chi connectivity index (χ1v) is 8.52. The molecule has 1 aromatic carbocycles. The molecule has 1 aromatic rings. The van der Waals surface area contributed by atoms with Crippen LogP contribution in [-0.4, -0.2) is 32.3 Å². The van der Waals surface area contributed by atoms with Crippen LogP contribution in [0.4, 0.5) is 0 Å². The SMILES string of the molecule is CCC1CC(=O)N(S(=O)(=O)c2cc(Br)ccc2OC)C1. The second-order valence-electron chi connectivity index (χ2n) is 4.70. The molecule has 1 unspecified atom stereocenters. The summed E-state index contributed by atoms with van der Waals surface area (Å²) in [6, 6.07) is 4.72. The Morgan fingerprint density at radius 1 is 1.45 bits per heavy atom. The number of hydrogen-bond donors (Lipinski definition) is 0. The molecule has 110 valence electrons. The number of methoxy groups -OCH3 is 1. The molecule has 5 nitrogen and oxygen atoms in total. The molecule has 2 rings (SSSR count). The van der Waals surface area contributed by atoms with Crippen LogP contribution in [0.1, 0.15) is 19.8 Å². The van der Waals surface area contributed by atoms with Crippen molar-refractivity contribution in [3.8, 4) is 5.75 Å². The van der Waals surface area contributed by atoms with E-state index in [1.807, 2.05) is 6.92 Å². The standard InChI is InChI=1S/C13H16BrNO4S/c1-3-9-6-13(16)15(8-9)20(17,18)12-7-10(14)4-5-11(12)19-2/h4-5,7,9H,3,6,8H2,1-2H3. The van der Waals surface area contributed by atoms with Gasteiger partial charge in [0.25, 0.3) is 10.0 Å². The quantitative estimate of drug-likeness (QED) is 0.825. The van der Waals surface area contributed by atoms with Crippen LogP contribution in [0, 0.1) is 5.92 Å². The maximum atomic E-state index is 12.6. The maximum absolute atomic E-state index is 12.6. The largest absolute Gasteiger partial charge is 0.495 e. The summed E-state index contributed by atoms with van der Waals surface area (Å²) in [5, 5.41) is 0. The molecule has 20 heavy (non-hydrogen) atoms. The van der Waals surface area contributed by atoms with Gasteiger partial charge in [-0.15, -0.1) is 0 Å². The molecular weight excluding hydrogens is 346 g/mol. The Kier molecular flexibility index (Phi) is 4.39. The second-order valence-corrected chi connectivity index (χ2v) is 7.45. The van der Waals surface area contributed by atoms with Crippen molar-refractivity contribution in [1.29, 1.82) is 0 Å². The summed E-state index contributed by atoms with van der Waals surface area (Å²) in [5.74, 6) is -0.0183. The van der Waals surface area contributed by atoms with Crippen molar-refractivity contribution in [2.75, 3.05) is 13.7 Å². The van der Waals surface area contributed by atoms with E-state index in [1.165, 1.54) is 13.2 Å². The Bertz CT molecular complexity index is 629. The number of ether oxygens (including phenoxy) is 1. The van der Waals surface area contributed by atoms with Crippen molar-refractivity contribution in [3.05, 3.63) is 22.7 Å². The molecule has 1 aliphatic heterocycles. The first-order valence-electron chi connectivity index (χ1n) is 6.29. The van der Waals surface area contributed by atoms with E-state index in [0.29, 0.717) is 4.47 Å². The fourth-order valence-corrected chi connectivity index (χ4v) is 4.41. The highest BCUT2D eigenvalue weighted by atomic mass is 79.9. The molecule has 1 aliphatic rings. The lowest BCUT2D eigenvalue weighted by Crippen LogP contribution is -2.32. The number of hydrogen-bond acceptors (Lipinski definition) is 4. The molecule has 0 radical (unpaired) electrons. The average Bonchev–Trinajstić information content (AvgIpc) is 2.80. The van der Waals surface area contributed by atoms with Crippen LogP contribution >= 0.6 is 15.9 Å². The highest BCUT2D eigenvalue weighted by molar-refractivity contribution is 9.10. The molecule has 1 atom stereocenters. The van der Waals surface area contributed by atoms with Gasteiger partial charge in [0.15, 0.2) is 0 Å². The monoisotopic (exact) mass is 361 g/mol. The molecule has 1 heterocycles. The summed E-state index contributed by atoms with van der Waals surface area (Å²) in [7, 11) is -2.46. The minimum atomic E-state index is -3.87. The van der Waals surface area contributed by atoms with Crippen molar-refractivity contribution in [1.82, 2.24) is 4.31 Å². The van der Waals surface area contributed by atoms with Crippen LogP contribution in [0.15, 0.2) is 27.6 Å². The molecule has 1 amide bonds. The number of carbonyl (C=O) groups is 1. The van der Waals surface area contributed by atoms with Crippen molar-refractivity contribution < 1.29 is 17.9 Å². The number of carbonyl (C=O) groups excluding carboxylic acids is 1. The number of benzene rings is 1. The van der Waals surface area contributed by atoms with Gasteiger partial charge in [-0.25, -0.2) is 12.7 Å². The van der Waals surface area contributed by atoms with Gasteiger partial charge in [0.05, 0.1) is 7.11 Å². The molecule has 1 saturated heterocycles. The van der Waals surface area contributed by atoms with Crippen LogP contribution in [0.3, 0.4) is 0 Å². The van der Waals surface area contributed by atoms with E-state index < -0.39 is 10.0 Å². The van der Waals surface area contributed by atoms with E-state index in [-0.39, 0.29) is 35.4 Å². The van der Waals surface area contributed by atoms with Gasteiger partial charge in [0.2, 0.25) is 5.91 Å². The third-order valence-corrected chi connectivity index (χ3v) is 5.74. The van der Waals surface area contributed by atoms with E-state index in [0.717, 1.165) is 10.7 Å². The summed E-state index contributed by atoms with van der Waals surface area (Å²) in [4.78, 5) is 12.0. The van der Waals surface area contributed by atoms with Gasteiger partial charge in [0, 0.05) is 17.4 Å². The van der Waals surface area contributed by atoms with Gasteiger partial charge in [-0.2, -0.15) is 0 Å². The predicted octanol–water partition coefficient (Wildman–Crippen LogP) is 2.40. The van der Waals surface area contributed by atoms with Gasteiger partial charge in [-0.1, -0.05) is 29.3 Å². The normalized spacial score (nSPS) is 19.4. The smallest absolute Gasteiger partial charge is 0.270 e. The van der Waals surface area contributed by atoms with E-state index in [2.05, 4.69) is 15.9 Å². The Hall–Kier alpha value is -1.08. The van der Waals surface area contributed by atoms with Crippen molar-refractivity contribution >= 4 is 31.9 Å². The lowest BCUT2D eigenvalue weighted by molar-refractivity contribution is -0.123. The first-order chi connectivity index (χ1) is 9.40. The van der Waals surface area contributed by atoms with Crippen LogP contribution in [-0.2, 0) is 14.8 Å². The Morgan fingerprint density at radius 2 is 2.15 bits per heavy atom. The van der Waals surface area contributed by atoms with Crippen LogP contribution < -0.4 is 4.74 Å². The Labute approximate surface area is 127 Å². The Morgan fingerprint density at radius 3 is 2.70 bits per heavy atom. The number of amides is 1. The van der Waals surface area contributed by atoms with Crippen LogP contribution in [0.2, 0.25) is 0 Å². The summed E-state index contributed by atoms with van der Waals surface area (Å²) in [6.45, 7) is 2.20. The van der Waals surface area contributed by atoms with E-state index >= 15 is 0 Å². The molecular formula is C13H16BrNO4S. The van der Waals surface area contributed by atoms with E-state index in [9.17, 15) is 13.2 Å². The third-order valence-electron chi connectivity index (χ3n) is 3.44. The summed E-state index contributed by atoms with van der Waals surface area (Å²) < 4.78 is 32.0. The van der Waals surface area contributed by atoms with Gasteiger partial charge < -0.3 is 4.74 Å². The molecule has 1 fully saturated rings. The topological polar surface area (TPSA) is 63.7 Å². The predicted molar refractivity (Wildman–Crippen MR) is 78.0 cm³/mol. The fourth-order valence-electron chi connectivity index (χ4n) is 2.23. The first kappa shape index (κ1) is 15.3. The van der Waals surface area contributed by atoms with Crippen molar-refractivity contribution in [2.45, 2.75) is 24.7 Å². The summed E-state index contributed by atoms with van der Waals surface area (Å²) >= 11 is 3.24. The number of nitrogens with zero attached hydrogens (tertiary/aromatic N) is 1. The van der Waals surface area contributed by atoms with E-state index in [4.69, 9.17) is 4.74 Å². The zero-order chi connectivity index (χ0) is 14.9. The third kappa shape index (κ3) is 2.69. The molecule has 7 heteroatoms. The molecule has 0 spiro atoms. The number of rotatable bonds is 4. The maximum Gasteiger partial charge on any atom is 0.270 e. The minimum Gasteiger partial charge on any atom is -0.495 e. The molecule has 0 saturated carbocycles. The van der Waals surface area contributed by atoms with Gasteiger partial charge in [-0.3, -0.25) is 4.79 Å². The number of halogens is 1. The molecule has 0 aromatic heterocycles. The zero-order valence-corrected chi connectivity index (χ0v) is 13.7. The highest BCUT2D eigenvalue weighted by Crippen LogP contribution is 2.33. The average molecular weight is 362 g/mol. The lowest BCUT2D eigenvalue weighted by Gasteiger charge is -2.18. The summed E-state index contributed by atoms with van der Waals surface area (Å²) in [5.41, 5.74) is 0. The number of sulfonamides is 1. The molecule has 0 aliphatic carbocycles.